The van der Waals surface area contributed by atoms with E-state index in [0.29, 0.717) is 19.6 Å². The van der Waals surface area contributed by atoms with Crippen LogP contribution in [0.5, 0.6) is 0 Å². The standard InChI is InChI=1S/C19H21N3O3/c20-10-9-14-1-5-16(6-2-14)21-11-12-22(19(21)25)17-7-3-15(4-8-17)13-18(23)24/h1-8H,9-13,20H2,(H,23,24). The molecule has 1 aliphatic heterocycles. The van der Waals surface area contributed by atoms with Crippen LogP contribution in [0.2, 0.25) is 0 Å². The number of aliphatic carboxylic acids is 1. The van der Waals surface area contributed by atoms with Crippen molar-refractivity contribution in [2.45, 2.75) is 12.8 Å². The van der Waals surface area contributed by atoms with Gasteiger partial charge in [-0.1, -0.05) is 24.3 Å². The molecule has 1 fully saturated rings. The smallest absolute Gasteiger partial charge is 0.329 e. The summed E-state index contributed by atoms with van der Waals surface area (Å²) in [6.07, 6.45) is 0.804. The van der Waals surface area contributed by atoms with E-state index in [1.54, 1.807) is 34.1 Å². The van der Waals surface area contributed by atoms with Crippen LogP contribution in [0, 0.1) is 0 Å². The van der Waals surface area contributed by atoms with Gasteiger partial charge >= 0.3 is 12.0 Å². The molecule has 25 heavy (non-hydrogen) atoms. The van der Waals surface area contributed by atoms with Crippen molar-refractivity contribution in [2.24, 2.45) is 5.73 Å². The number of carboxylic acid groups (broad SMARTS) is 1. The van der Waals surface area contributed by atoms with Crippen molar-refractivity contribution in [2.75, 3.05) is 29.4 Å². The van der Waals surface area contributed by atoms with Gasteiger partial charge in [-0.05, 0) is 48.4 Å². The van der Waals surface area contributed by atoms with Gasteiger partial charge in [0.1, 0.15) is 0 Å². The van der Waals surface area contributed by atoms with Crippen LogP contribution >= 0.6 is 0 Å². The molecule has 0 saturated carbocycles. The SMILES string of the molecule is NCCc1ccc(N2CCN(c3ccc(CC(=O)O)cc3)C2=O)cc1. The van der Waals surface area contributed by atoms with Gasteiger partial charge < -0.3 is 10.8 Å². The van der Waals surface area contributed by atoms with Crippen LogP contribution in [0.4, 0.5) is 16.2 Å². The first-order chi connectivity index (χ1) is 12.1. The van der Waals surface area contributed by atoms with Crippen LogP contribution in [0.1, 0.15) is 11.1 Å². The number of nitrogens with two attached hydrogens (primary N) is 1. The number of anilines is 2. The molecule has 0 bridgehead atoms. The number of hydrogen-bond donors (Lipinski definition) is 2. The summed E-state index contributed by atoms with van der Waals surface area (Å²) in [7, 11) is 0. The van der Waals surface area contributed by atoms with E-state index < -0.39 is 5.97 Å². The molecule has 0 unspecified atom stereocenters. The Bertz CT molecular complexity index is 756. The average molecular weight is 339 g/mol. The summed E-state index contributed by atoms with van der Waals surface area (Å²) in [6, 6.07) is 14.9. The predicted octanol–water partition coefficient (Wildman–Crippen LogP) is 2.26. The zero-order chi connectivity index (χ0) is 17.8. The van der Waals surface area contributed by atoms with E-state index in [9.17, 15) is 9.59 Å². The predicted molar refractivity (Wildman–Crippen MR) is 97.1 cm³/mol. The number of hydrogen-bond acceptors (Lipinski definition) is 3. The molecule has 6 heteroatoms. The maximum atomic E-state index is 12.7. The van der Waals surface area contributed by atoms with Crippen LogP contribution in [-0.2, 0) is 17.6 Å². The Labute approximate surface area is 146 Å². The van der Waals surface area contributed by atoms with Crippen molar-refractivity contribution in [3.63, 3.8) is 0 Å². The molecule has 3 rings (SSSR count). The molecule has 0 radical (unpaired) electrons. The Morgan fingerprint density at radius 3 is 1.84 bits per heavy atom. The normalized spacial score (nSPS) is 14.2. The molecule has 1 aliphatic rings. The lowest BCUT2D eigenvalue weighted by molar-refractivity contribution is -0.136. The number of urea groups is 1. The highest BCUT2D eigenvalue weighted by Gasteiger charge is 2.30. The lowest BCUT2D eigenvalue weighted by Gasteiger charge is -2.19. The minimum absolute atomic E-state index is 0.0184. The molecular formula is C19H21N3O3. The van der Waals surface area contributed by atoms with E-state index in [1.807, 2.05) is 24.3 Å². The van der Waals surface area contributed by atoms with Gasteiger partial charge in [0, 0.05) is 24.5 Å². The van der Waals surface area contributed by atoms with E-state index >= 15 is 0 Å². The van der Waals surface area contributed by atoms with Crippen LogP contribution in [0.3, 0.4) is 0 Å². The number of carbonyl (C=O) groups is 2. The van der Waals surface area contributed by atoms with E-state index in [0.717, 1.165) is 28.9 Å². The summed E-state index contributed by atoms with van der Waals surface area (Å²) in [4.78, 5) is 26.9. The highest BCUT2D eigenvalue weighted by atomic mass is 16.4. The number of rotatable bonds is 6. The van der Waals surface area contributed by atoms with Crippen LogP contribution in [0.15, 0.2) is 48.5 Å². The number of amides is 2. The van der Waals surface area contributed by atoms with E-state index in [-0.39, 0.29) is 12.5 Å². The fourth-order valence-electron chi connectivity index (χ4n) is 2.99. The number of nitrogens with zero attached hydrogens (tertiary/aromatic N) is 2. The minimum Gasteiger partial charge on any atom is -0.481 e. The summed E-state index contributed by atoms with van der Waals surface area (Å²) in [5.74, 6) is -0.866. The Morgan fingerprint density at radius 1 is 0.920 bits per heavy atom. The molecule has 2 aromatic carbocycles. The zero-order valence-corrected chi connectivity index (χ0v) is 13.9. The quantitative estimate of drug-likeness (QED) is 0.845. The van der Waals surface area contributed by atoms with Crippen molar-refractivity contribution in [1.82, 2.24) is 0 Å². The molecule has 0 atom stereocenters. The van der Waals surface area contributed by atoms with Crippen molar-refractivity contribution < 1.29 is 14.7 Å². The Balaban J connectivity index is 1.71. The van der Waals surface area contributed by atoms with Gasteiger partial charge in [-0.15, -0.1) is 0 Å². The molecule has 0 aromatic heterocycles. The third-order valence-corrected chi connectivity index (χ3v) is 4.29. The Kier molecular flexibility index (Phi) is 5.00. The molecule has 6 nitrogen and oxygen atoms in total. The fraction of sp³-hybridized carbons (Fsp3) is 0.263. The largest absolute Gasteiger partial charge is 0.481 e. The molecule has 130 valence electrons. The fourth-order valence-corrected chi connectivity index (χ4v) is 2.99. The molecule has 1 saturated heterocycles. The average Bonchev–Trinajstić information content (AvgIpc) is 2.98. The summed E-state index contributed by atoms with van der Waals surface area (Å²) in [5.41, 5.74) is 9.08. The third-order valence-electron chi connectivity index (χ3n) is 4.29. The molecule has 2 amide bonds. The maximum absolute atomic E-state index is 12.7. The van der Waals surface area contributed by atoms with E-state index in [2.05, 4.69) is 0 Å². The van der Waals surface area contributed by atoms with Gasteiger partial charge in [-0.3, -0.25) is 14.6 Å². The third kappa shape index (κ3) is 3.80. The monoisotopic (exact) mass is 339 g/mol. The second-order valence-electron chi connectivity index (χ2n) is 6.03. The van der Waals surface area contributed by atoms with Gasteiger partial charge in [0.25, 0.3) is 0 Å². The van der Waals surface area contributed by atoms with Gasteiger partial charge in [0.05, 0.1) is 6.42 Å². The maximum Gasteiger partial charge on any atom is 0.329 e. The van der Waals surface area contributed by atoms with Crippen LogP contribution in [-0.4, -0.2) is 36.7 Å². The zero-order valence-electron chi connectivity index (χ0n) is 13.9. The Morgan fingerprint density at radius 2 is 1.40 bits per heavy atom. The van der Waals surface area contributed by atoms with Gasteiger partial charge in [-0.2, -0.15) is 0 Å². The highest BCUT2D eigenvalue weighted by Crippen LogP contribution is 2.25. The summed E-state index contributed by atoms with van der Waals surface area (Å²) < 4.78 is 0. The summed E-state index contributed by atoms with van der Waals surface area (Å²) >= 11 is 0. The lowest BCUT2D eigenvalue weighted by atomic mass is 10.1. The van der Waals surface area contributed by atoms with Crippen LogP contribution in [0.25, 0.3) is 0 Å². The second kappa shape index (κ2) is 7.36. The van der Waals surface area contributed by atoms with E-state index in [4.69, 9.17) is 10.8 Å². The molecule has 1 heterocycles. The molecule has 0 spiro atoms. The molecular weight excluding hydrogens is 318 g/mol. The number of carbonyl (C=O) groups excluding carboxylic acids is 1. The van der Waals surface area contributed by atoms with Gasteiger partial charge in [0.15, 0.2) is 0 Å². The first-order valence-electron chi connectivity index (χ1n) is 8.27. The summed E-state index contributed by atoms with van der Waals surface area (Å²) in [5, 5.41) is 8.83. The topological polar surface area (TPSA) is 86.9 Å². The molecule has 3 N–H and O–H groups in total. The van der Waals surface area contributed by atoms with Crippen molar-refractivity contribution in [3.8, 4) is 0 Å². The lowest BCUT2D eigenvalue weighted by Crippen LogP contribution is -2.31. The second-order valence-corrected chi connectivity index (χ2v) is 6.03. The van der Waals surface area contributed by atoms with Gasteiger partial charge in [-0.25, -0.2) is 4.79 Å². The number of benzene rings is 2. The first kappa shape index (κ1) is 17.0. The van der Waals surface area contributed by atoms with Gasteiger partial charge in [0.2, 0.25) is 0 Å². The molecule has 0 aliphatic carbocycles. The van der Waals surface area contributed by atoms with E-state index in [1.165, 1.54) is 0 Å². The van der Waals surface area contributed by atoms with Crippen molar-refractivity contribution in [1.29, 1.82) is 0 Å². The molecule has 2 aromatic rings. The summed E-state index contributed by atoms with van der Waals surface area (Å²) in [6.45, 7) is 1.82. The first-order valence-corrected chi connectivity index (χ1v) is 8.27. The Hall–Kier alpha value is -2.86. The van der Waals surface area contributed by atoms with Crippen molar-refractivity contribution in [3.05, 3.63) is 59.7 Å². The van der Waals surface area contributed by atoms with Crippen LogP contribution < -0.4 is 15.5 Å². The minimum atomic E-state index is -0.866. The van der Waals surface area contributed by atoms with Crippen molar-refractivity contribution >= 4 is 23.4 Å². The highest BCUT2D eigenvalue weighted by molar-refractivity contribution is 6.06. The number of carboxylic acids is 1.